The Balaban J connectivity index is 1.33. The molecule has 4 rings (SSSR count). The molecule has 0 unspecified atom stereocenters. The number of fused-ring (bicyclic) bond motifs is 1. The van der Waals surface area contributed by atoms with E-state index in [9.17, 15) is 0 Å². The molecular formula is C24H26ClN3. The molecule has 1 aliphatic rings. The van der Waals surface area contributed by atoms with E-state index in [2.05, 4.69) is 70.4 Å². The first-order valence-corrected chi connectivity index (χ1v) is 10.3. The fourth-order valence-corrected chi connectivity index (χ4v) is 4.07. The highest BCUT2D eigenvalue weighted by atomic mass is 35.5. The lowest BCUT2D eigenvalue weighted by atomic mass is 9.94. The van der Waals surface area contributed by atoms with Gasteiger partial charge < -0.3 is 4.90 Å². The number of rotatable bonds is 6. The Labute approximate surface area is 172 Å². The van der Waals surface area contributed by atoms with Crippen LogP contribution in [0, 0.1) is 0 Å². The smallest absolute Gasteiger partial charge is 0.129 e. The molecule has 1 aliphatic heterocycles. The summed E-state index contributed by atoms with van der Waals surface area (Å²) in [4.78, 5) is 9.10. The van der Waals surface area contributed by atoms with Crippen LogP contribution in [0.4, 0.5) is 5.82 Å². The van der Waals surface area contributed by atoms with Gasteiger partial charge in [-0.05, 0) is 46.9 Å². The minimum atomic E-state index is 0.735. The summed E-state index contributed by atoms with van der Waals surface area (Å²) in [5.74, 6) is 0.935. The van der Waals surface area contributed by atoms with Crippen molar-refractivity contribution in [2.45, 2.75) is 12.8 Å². The molecule has 144 valence electrons. The quantitative estimate of drug-likeness (QED) is 0.552. The Morgan fingerprint density at radius 1 is 1.11 bits per heavy atom. The lowest BCUT2D eigenvalue weighted by Gasteiger charge is -2.28. The van der Waals surface area contributed by atoms with E-state index in [1.54, 1.807) is 6.20 Å². The van der Waals surface area contributed by atoms with E-state index in [0.717, 1.165) is 49.9 Å². The van der Waals surface area contributed by atoms with Crippen LogP contribution < -0.4 is 4.90 Å². The van der Waals surface area contributed by atoms with E-state index in [0.29, 0.717) is 0 Å². The van der Waals surface area contributed by atoms with Crippen LogP contribution in [0.1, 0.15) is 18.4 Å². The molecule has 0 amide bonds. The van der Waals surface area contributed by atoms with Crippen molar-refractivity contribution in [2.75, 3.05) is 38.1 Å². The Hall–Kier alpha value is -2.36. The average Bonchev–Trinajstić information content (AvgIpc) is 2.74. The lowest BCUT2D eigenvalue weighted by Crippen LogP contribution is -2.32. The number of hydrogen-bond acceptors (Lipinski definition) is 3. The zero-order valence-corrected chi connectivity index (χ0v) is 17.1. The number of nitrogens with zero attached hydrogens (tertiary/aromatic N) is 3. The van der Waals surface area contributed by atoms with Crippen LogP contribution in [0.5, 0.6) is 0 Å². The van der Waals surface area contributed by atoms with Gasteiger partial charge in [-0.25, -0.2) is 4.98 Å². The number of halogens is 1. The number of aromatic nitrogens is 1. The number of benzene rings is 2. The van der Waals surface area contributed by atoms with Gasteiger partial charge in [0.2, 0.25) is 0 Å². The molecule has 0 radical (unpaired) electrons. The third-order valence-electron chi connectivity index (χ3n) is 5.50. The Morgan fingerprint density at radius 2 is 1.96 bits per heavy atom. The van der Waals surface area contributed by atoms with E-state index >= 15 is 0 Å². The topological polar surface area (TPSA) is 19.4 Å². The van der Waals surface area contributed by atoms with Crippen LogP contribution in [0.3, 0.4) is 0 Å². The fourth-order valence-electron chi connectivity index (χ4n) is 3.91. The van der Waals surface area contributed by atoms with Crippen molar-refractivity contribution in [1.82, 2.24) is 9.88 Å². The van der Waals surface area contributed by atoms with Gasteiger partial charge >= 0.3 is 0 Å². The molecule has 2 aromatic carbocycles. The molecule has 4 heteroatoms. The van der Waals surface area contributed by atoms with Gasteiger partial charge in [-0.15, -0.1) is 0 Å². The standard InChI is InChI=1S/C24H26ClN3/c1-27(24-18-21(25)10-13-26-24)14-5-15-28-16-11-20(12-17-28)23-9-4-7-19-6-2-3-8-22(19)23/h2-4,6-11,13,18H,5,12,14-17H2,1H3. The van der Waals surface area contributed by atoms with Crippen LogP contribution in [0.15, 0.2) is 66.9 Å². The van der Waals surface area contributed by atoms with Crippen LogP contribution in [0.2, 0.25) is 5.02 Å². The van der Waals surface area contributed by atoms with Gasteiger partial charge in [-0.2, -0.15) is 0 Å². The normalized spacial score (nSPS) is 14.9. The lowest BCUT2D eigenvalue weighted by molar-refractivity contribution is 0.299. The van der Waals surface area contributed by atoms with Gasteiger partial charge in [0, 0.05) is 44.4 Å². The molecule has 0 N–H and O–H groups in total. The highest BCUT2D eigenvalue weighted by Gasteiger charge is 2.14. The van der Waals surface area contributed by atoms with Gasteiger partial charge in [-0.3, -0.25) is 4.90 Å². The first kappa shape index (κ1) is 19.0. The summed E-state index contributed by atoms with van der Waals surface area (Å²) in [5, 5.41) is 3.42. The summed E-state index contributed by atoms with van der Waals surface area (Å²) in [7, 11) is 2.08. The Morgan fingerprint density at radius 3 is 2.79 bits per heavy atom. The summed E-state index contributed by atoms with van der Waals surface area (Å²) in [6.45, 7) is 4.22. The van der Waals surface area contributed by atoms with Gasteiger partial charge in [-0.1, -0.05) is 60.1 Å². The van der Waals surface area contributed by atoms with E-state index in [4.69, 9.17) is 11.6 Å². The first-order chi connectivity index (χ1) is 13.7. The molecule has 0 atom stereocenters. The molecular weight excluding hydrogens is 366 g/mol. The molecule has 0 spiro atoms. The predicted molar refractivity (Wildman–Crippen MR) is 120 cm³/mol. The first-order valence-electron chi connectivity index (χ1n) is 9.93. The Bertz CT molecular complexity index is 977. The zero-order chi connectivity index (χ0) is 19.3. The predicted octanol–water partition coefficient (Wildman–Crippen LogP) is 5.50. The van der Waals surface area contributed by atoms with Crippen LogP contribution in [-0.2, 0) is 0 Å². The minimum absolute atomic E-state index is 0.735. The average molecular weight is 392 g/mol. The number of hydrogen-bond donors (Lipinski definition) is 0. The second-order valence-electron chi connectivity index (χ2n) is 7.41. The van der Waals surface area contributed by atoms with Gasteiger partial charge in [0.1, 0.15) is 5.82 Å². The van der Waals surface area contributed by atoms with Crippen molar-refractivity contribution >= 4 is 33.8 Å². The van der Waals surface area contributed by atoms with Crippen molar-refractivity contribution in [3.8, 4) is 0 Å². The third kappa shape index (κ3) is 4.37. The molecule has 1 aromatic heterocycles. The van der Waals surface area contributed by atoms with E-state index in [1.165, 1.54) is 21.9 Å². The molecule has 0 aliphatic carbocycles. The summed E-state index contributed by atoms with van der Waals surface area (Å²) < 4.78 is 0. The third-order valence-corrected chi connectivity index (χ3v) is 5.73. The molecule has 2 heterocycles. The van der Waals surface area contributed by atoms with Crippen LogP contribution >= 0.6 is 11.6 Å². The largest absolute Gasteiger partial charge is 0.360 e. The molecule has 28 heavy (non-hydrogen) atoms. The molecule has 3 aromatic rings. The van der Waals surface area contributed by atoms with Crippen LogP contribution in [-0.4, -0.2) is 43.1 Å². The SMILES string of the molecule is CN(CCCN1CC=C(c2cccc3ccccc23)CC1)c1cc(Cl)ccn1. The Kier molecular flexibility index (Phi) is 5.94. The van der Waals surface area contributed by atoms with Gasteiger partial charge in [0.25, 0.3) is 0 Å². The monoisotopic (exact) mass is 391 g/mol. The maximum Gasteiger partial charge on any atom is 0.129 e. The summed E-state index contributed by atoms with van der Waals surface area (Å²) >= 11 is 6.06. The second-order valence-corrected chi connectivity index (χ2v) is 7.85. The zero-order valence-electron chi connectivity index (χ0n) is 16.3. The summed E-state index contributed by atoms with van der Waals surface area (Å²) in [5.41, 5.74) is 2.87. The summed E-state index contributed by atoms with van der Waals surface area (Å²) in [6, 6.07) is 19.0. The second kappa shape index (κ2) is 8.76. The minimum Gasteiger partial charge on any atom is -0.360 e. The molecule has 0 bridgehead atoms. The number of pyridine rings is 1. The molecule has 0 fully saturated rings. The van der Waals surface area contributed by atoms with Gasteiger partial charge in [0.15, 0.2) is 0 Å². The van der Waals surface area contributed by atoms with Crippen molar-refractivity contribution < 1.29 is 0 Å². The molecule has 0 saturated carbocycles. The van der Waals surface area contributed by atoms with Crippen molar-refractivity contribution in [2.24, 2.45) is 0 Å². The maximum absolute atomic E-state index is 6.06. The maximum atomic E-state index is 6.06. The fraction of sp³-hybridized carbons (Fsp3) is 0.292. The van der Waals surface area contributed by atoms with Crippen molar-refractivity contribution in [3.63, 3.8) is 0 Å². The highest BCUT2D eigenvalue weighted by Crippen LogP contribution is 2.29. The molecule has 3 nitrogen and oxygen atoms in total. The van der Waals surface area contributed by atoms with Crippen LogP contribution in [0.25, 0.3) is 16.3 Å². The van der Waals surface area contributed by atoms with E-state index in [1.807, 2.05) is 12.1 Å². The van der Waals surface area contributed by atoms with Crippen molar-refractivity contribution in [1.29, 1.82) is 0 Å². The van der Waals surface area contributed by atoms with Gasteiger partial charge in [0.05, 0.1) is 0 Å². The molecule has 0 saturated heterocycles. The summed E-state index contributed by atoms with van der Waals surface area (Å²) in [6.07, 6.45) is 6.40. The van der Waals surface area contributed by atoms with Crippen molar-refractivity contribution in [3.05, 3.63) is 77.5 Å². The number of anilines is 1. The highest BCUT2D eigenvalue weighted by molar-refractivity contribution is 6.30. The van der Waals surface area contributed by atoms with E-state index < -0.39 is 0 Å². The van der Waals surface area contributed by atoms with E-state index in [-0.39, 0.29) is 0 Å².